The van der Waals surface area contributed by atoms with Gasteiger partial charge in [0.2, 0.25) is 6.79 Å². The van der Waals surface area contributed by atoms with Crippen molar-refractivity contribution in [3.63, 3.8) is 0 Å². The topological polar surface area (TPSA) is 138 Å². The molecule has 11 nitrogen and oxygen atoms in total. The van der Waals surface area contributed by atoms with E-state index >= 15 is 0 Å². The zero-order valence-electron chi connectivity index (χ0n) is 19.7. The van der Waals surface area contributed by atoms with E-state index in [9.17, 15) is 24.0 Å². The molecule has 0 bridgehead atoms. The number of esters is 2. The summed E-state index contributed by atoms with van der Waals surface area (Å²) < 4.78 is 20.7. The van der Waals surface area contributed by atoms with Gasteiger partial charge in [0.15, 0.2) is 6.61 Å². The van der Waals surface area contributed by atoms with Gasteiger partial charge >= 0.3 is 11.9 Å². The Morgan fingerprint density at radius 1 is 1.20 bits per heavy atom. The average Bonchev–Trinajstić information content (AvgIpc) is 2.84. The van der Waals surface area contributed by atoms with E-state index in [2.05, 4.69) is 5.32 Å². The lowest BCUT2D eigenvalue weighted by molar-refractivity contribution is -0.194. The van der Waals surface area contributed by atoms with Gasteiger partial charge in [-0.05, 0) is 32.9 Å². The van der Waals surface area contributed by atoms with Crippen molar-refractivity contribution in [3.8, 4) is 5.75 Å². The van der Waals surface area contributed by atoms with Crippen molar-refractivity contribution in [3.05, 3.63) is 41.6 Å². The molecular weight excluding hydrogens is 480 g/mol. The molecule has 1 saturated heterocycles. The monoisotopic (exact) mass is 506 g/mol. The number of fused-ring (bicyclic) bond motifs is 1. The smallest absolute Gasteiger partial charge is 0.358 e. The number of hydrogen-bond donors (Lipinski definition) is 1. The van der Waals surface area contributed by atoms with Crippen LogP contribution < -0.4 is 10.1 Å². The van der Waals surface area contributed by atoms with E-state index in [1.165, 1.54) is 7.11 Å². The van der Waals surface area contributed by atoms with Gasteiger partial charge in [0.05, 0.1) is 5.41 Å². The first kappa shape index (κ1) is 26.2. The number of thioether (sulfide) groups is 1. The Balaban J connectivity index is 1.69. The van der Waals surface area contributed by atoms with Crippen molar-refractivity contribution < 1.29 is 42.9 Å². The maximum Gasteiger partial charge on any atom is 0.358 e. The molecule has 12 heteroatoms. The van der Waals surface area contributed by atoms with Crippen LogP contribution in [0.15, 0.2) is 41.6 Å². The molecule has 1 aromatic carbocycles. The number of nitrogens with zero attached hydrogens (tertiary/aromatic N) is 1. The molecule has 0 saturated carbocycles. The van der Waals surface area contributed by atoms with Gasteiger partial charge in [-0.2, -0.15) is 0 Å². The van der Waals surface area contributed by atoms with Gasteiger partial charge in [-0.25, -0.2) is 4.79 Å². The highest BCUT2D eigenvalue weighted by molar-refractivity contribution is 8.00. The summed E-state index contributed by atoms with van der Waals surface area (Å²) in [5.41, 5.74) is -2.83. The second-order valence-corrected chi connectivity index (χ2v) is 9.72. The molecule has 0 aliphatic carbocycles. The van der Waals surface area contributed by atoms with Gasteiger partial charge in [-0.15, -0.1) is 11.8 Å². The minimum absolute atomic E-state index is 0.0233. The van der Waals surface area contributed by atoms with Gasteiger partial charge in [0.25, 0.3) is 17.5 Å². The Bertz CT molecular complexity index is 1050. The third-order valence-electron chi connectivity index (χ3n) is 5.15. The Morgan fingerprint density at radius 3 is 2.49 bits per heavy atom. The number of β-lactam (4-membered cyclic amide) rings is 1. The second kappa shape index (κ2) is 10.5. The van der Waals surface area contributed by atoms with Crippen molar-refractivity contribution >= 4 is 41.8 Å². The van der Waals surface area contributed by atoms with Crippen molar-refractivity contribution in [2.24, 2.45) is 5.41 Å². The number of rotatable bonds is 9. The lowest BCUT2D eigenvalue weighted by Gasteiger charge is -2.55. The van der Waals surface area contributed by atoms with Crippen LogP contribution in [0.4, 0.5) is 0 Å². The van der Waals surface area contributed by atoms with E-state index < -0.39 is 47.1 Å². The average molecular weight is 507 g/mol. The van der Waals surface area contributed by atoms with Gasteiger partial charge < -0.3 is 24.3 Å². The normalized spacial score (nSPS) is 21.4. The number of amides is 2. The molecule has 2 heterocycles. The molecule has 1 N–H and O–H groups in total. The SMILES string of the molecule is COC1(NC(=O)COc2ccccc2)C(=O)N2C(C(=O)OCOC(=O)C(C)(C)C)=C(C=O)CS[C@H]21. The van der Waals surface area contributed by atoms with Gasteiger partial charge in [0.1, 0.15) is 23.1 Å². The van der Waals surface area contributed by atoms with E-state index in [0.29, 0.717) is 12.0 Å². The Morgan fingerprint density at radius 2 is 1.89 bits per heavy atom. The van der Waals surface area contributed by atoms with Crippen LogP contribution in [0.2, 0.25) is 0 Å². The van der Waals surface area contributed by atoms with Gasteiger partial charge in [0, 0.05) is 18.4 Å². The van der Waals surface area contributed by atoms with Crippen molar-refractivity contribution in [2.75, 3.05) is 26.3 Å². The maximum absolute atomic E-state index is 13.1. The van der Waals surface area contributed by atoms with Crippen LogP contribution in [0.1, 0.15) is 20.8 Å². The number of carbonyl (C=O) groups excluding carboxylic acids is 5. The molecule has 3 rings (SSSR count). The van der Waals surface area contributed by atoms with Crippen LogP contribution in [0.5, 0.6) is 5.75 Å². The number of nitrogens with one attached hydrogen (secondary N) is 1. The molecule has 2 aliphatic heterocycles. The molecule has 0 radical (unpaired) electrons. The third kappa shape index (κ3) is 5.33. The summed E-state index contributed by atoms with van der Waals surface area (Å²) in [6.07, 6.45) is 0.452. The molecular formula is C23H26N2O9S. The minimum Gasteiger partial charge on any atom is -0.484 e. The molecule has 0 spiro atoms. The number of para-hydroxylation sites is 1. The summed E-state index contributed by atoms with van der Waals surface area (Å²) in [4.78, 5) is 62.9. The second-order valence-electron chi connectivity index (χ2n) is 8.65. The van der Waals surface area contributed by atoms with Crippen LogP contribution in [-0.2, 0) is 38.2 Å². The van der Waals surface area contributed by atoms with Crippen molar-refractivity contribution in [1.29, 1.82) is 0 Å². The standard InChI is InChI=1S/C23H26N2O9S/c1-22(2,3)21(30)34-13-33-18(28)17-14(10-26)12-35-20-23(31-4,19(29)25(17)20)24-16(27)11-32-15-8-6-5-7-9-15/h5-10,20H,11-13H2,1-4H3,(H,24,27)/t20-,23?/m0/s1. The predicted molar refractivity (Wildman–Crippen MR) is 123 cm³/mol. The summed E-state index contributed by atoms with van der Waals surface area (Å²) in [5.74, 6) is -2.46. The summed E-state index contributed by atoms with van der Waals surface area (Å²) in [7, 11) is 1.25. The highest BCUT2D eigenvalue weighted by Crippen LogP contribution is 2.46. The third-order valence-corrected chi connectivity index (χ3v) is 6.48. The molecule has 0 aromatic heterocycles. The predicted octanol–water partition coefficient (Wildman–Crippen LogP) is 0.982. The van der Waals surface area contributed by atoms with Gasteiger partial charge in [-0.3, -0.25) is 24.1 Å². The van der Waals surface area contributed by atoms with E-state index in [1.807, 2.05) is 0 Å². The van der Waals surface area contributed by atoms with E-state index in [-0.39, 0.29) is 23.6 Å². The number of ether oxygens (including phenoxy) is 4. The number of carbonyl (C=O) groups is 5. The summed E-state index contributed by atoms with van der Waals surface area (Å²) >= 11 is 1.13. The van der Waals surface area contributed by atoms with Crippen LogP contribution in [0.25, 0.3) is 0 Å². The molecule has 1 unspecified atom stereocenters. The quantitative estimate of drug-likeness (QED) is 0.223. The van der Waals surface area contributed by atoms with E-state index in [4.69, 9.17) is 18.9 Å². The highest BCUT2D eigenvalue weighted by Gasteiger charge is 2.66. The number of methoxy groups -OCH3 is 1. The molecule has 35 heavy (non-hydrogen) atoms. The first-order valence-electron chi connectivity index (χ1n) is 10.6. The van der Waals surface area contributed by atoms with E-state index in [0.717, 1.165) is 16.7 Å². The lowest BCUT2D eigenvalue weighted by Crippen LogP contribution is -2.81. The van der Waals surface area contributed by atoms with Crippen molar-refractivity contribution in [2.45, 2.75) is 31.9 Å². The van der Waals surface area contributed by atoms with E-state index in [1.54, 1.807) is 51.1 Å². The first-order valence-corrected chi connectivity index (χ1v) is 11.6. The Hall–Kier alpha value is -3.38. The minimum atomic E-state index is -1.76. The van der Waals surface area contributed by atoms with Crippen LogP contribution in [-0.4, -0.2) is 72.3 Å². The lowest BCUT2D eigenvalue weighted by atomic mass is 9.98. The fourth-order valence-corrected chi connectivity index (χ4v) is 4.70. The number of benzene rings is 1. The van der Waals surface area contributed by atoms with Crippen LogP contribution in [0, 0.1) is 5.41 Å². The fourth-order valence-electron chi connectivity index (χ4n) is 3.31. The largest absolute Gasteiger partial charge is 0.484 e. The highest BCUT2D eigenvalue weighted by atomic mass is 32.2. The number of aldehydes is 1. The van der Waals surface area contributed by atoms with Gasteiger partial charge in [-0.1, -0.05) is 18.2 Å². The molecule has 2 atom stereocenters. The zero-order valence-corrected chi connectivity index (χ0v) is 20.5. The number of hydrogen-bond acceptors (Lipinski definition) is 10. The fraction of sp³-hybridized carbons (Fsp3) is 0.435. The molecule has 1 fully saturated rings. The zero-order chi connectivity index (χ0) is 25.8. The maximum atomic E-state index is 13.1. The Labute approximate surface area is 206 Å². The van der Waals surface area contributed by atoms with Crippen LogP contribution >= 0.6 is 11.8 Å². The molecule has 2 amide bonds. The molecule has 1 aromatic rings. The van der Waals surface area contributed by atoms with Crippen molar-refractivity contribution in [1.82, 2.24) is 10.2 Å². The molecule has 188 valence electrons. The Kier molecular flexibility index (Phi) is 7.86. The first-order chi connectivity index (χ1) is 16.5. The summed E-state index contributed by atoms with van der Waals surface area (Å²) in [6, 6.07) is 8.64. The summed E-state index contributed by atoms with van der Waals surface area (Å²) in [6.45, 7) is 3.84. The molecule has 2 aliphatic rings. The van der Waals surface area contributed by atoms with Crippen LogP contribution in [0.3, 0.4) is 0 Å². The summed E-state index contributed by atoms with van der Waals surface area (Å²) in [5, 5.41) is 1.69.